The van der Waals surface area contributed by atoms with Crippen LogP contribution in [0.25, 0.3) is 0 Å². The van der Waals surface area contributed by atoms with Gasteiger partial charge in [0.25, 0.3) is 0 Å². The lowest BCUT2D eigenvalue weighted by atomic mass is 9.92. The molecule has 1 aliphatic rings. The normalized spacial score (nSPS) is 21.9. The van der Waals surface area contributed by atoms with E-state index < -0.39 is 0 Å². The largest absolute Gasteiger partial charge is 0.355 e. The van der Waals surface area contributed by atoms with Crippen molar-refractivity contribution >= 4 is 29.9 Å². The monoisotopic (exact) mass is 448 g/mol. The maximum absolute atomic E-state index is 13.6. The molecule has 1 saturated heterocycles. The molecule has 0 aliphatic carbocycles. The van der Waals surface area contributed by atoms with Crippen LogP contribution in [-0.4, -0.2) is 44.1 Å². The van der Waals surface area contributed by atoms with Gasteiger partial charge >= 0.3 is 0 Å². The molecule has 2 unspecified atom stereocenters. The molecule has 0 spiro atoms. The lowest BCUT2D eigenvalue weighted by molar-refractivity contribution is 0.143. The summed E-state index contributed by atoms with van der Waals surface area (Å²) in [7, 11) is 1.74. The Kier molecular flexibility index (Phi) is 9.58. The Morgan fingerprint density at radius 3 is 2.50 bits per heavy atom. The van der Waals surface area contributed by atoms with Crippen LogP contribution in [0.5, 0.6) is 0 Å². The van der Waals surface area contributed by atoms with E-state index in [-0.39, 0.29) is 29.8 Å². The first-order valence-electron chi connectivity index (χ1n) is 8.48. The fourth-order valence-electron chi connectivity index (χ4n) is 3.35. The second kappa shape index (κ2) is 10.9. The molecule has 1 aromatic rings. The molecule has 2 rings (SSSR count). The van der Waals surface area contributed by atoms with Crippen LogP contribution in [0.3, 0.4) is 0 Å². The smallest absolute Gasteiger partial charge is 0.191 e. The number of aliphatic imine (C=N–C) groups is 1. The zero-order valence-corrected chi connectivity index (χ0v) is 17.2. The van der Waals surface area contributed by atoms with Crippen molar-refractivity contribution in [2.24, 2.45) is 16.8 Å². The van der Waals surface area contributed by atoms with Crippen molar-refractivity contribution in [3.8, 4) is 0 Å². The molecule has 0 saturated carbocycles. The molecule has 1 fully saturated rings. The Labute approximate surface area is 162 Å². The Bertz CT molecular complexity index is 513. The van der Waals surface area contributed by atoms with Crippen LogP contribution in [0.15, 0.2) is 29.3 Å². The van der Waals surface area contributed by atoms with Crippen LogP contribution in [0.2, 0.25) is 0 Å². The number of nitrogens with zero attached hydrogens (tertiary/aromatic N) is 2. The highest BCUT2D eigenvalue weighted by atomic mass is 127. The molecular weight excluding hydrogens is 418 g/mol. The molecule has 0 bridgehead atoms. The molecule has 136 valence electrons. The summed E-state index contributed by atoms with van der Waals surface area (Å²) in [5.41, 5.74) is 0.647. The van der Waals surface area contributed by atoms with Gasteiger partial charge in [-0.2, -0.15) is 0 Å². The van der Waals surface area contributed by atoms with E-state index in [0.29, 0.717) is 18.1 Å². The number of rotatable bonds is 5. The molecule has 24 heavy (non-hydrogen) atoms. The van der Waals surface area contributed by atoms with Gasteiger partial charge in [0.15, 0.2) is 5.96 Å². The van der Waals surface area contributed by atoms with E-state index in [1.807, 2.05) is 6.07 Å². The standard InChI is InChI=1S/C18H29FN4.HI/c1-14-10-15(2)13-23(12-14)9-8-21-18(20-3)22-11-16-6-4-5-7-17(16)19;/h4-7,14-15H,8-13H2,1-3H3,(H2,20,21,22);1H. The minimum Gasteiger partial charge on any atom is -0.355 e. The summed E-state index contributed by atoms with van der Waals surface area (Å²) < 4.78 is 13.6. The number of likely N-dealkylation sites (tertiary alicyclic amines) is 1. The summed E-state index contributed by atoms with van der Waals surface area (Å²) in [4.78, 5) is 6.71. The Morgan fingerprint density at radius 2 is 1.88 bits per heavy atom. The van der Waals surface area contributed by atoms with Crippen molar-refractivity contribution in [3.63, 3.8) is 0 Å². The summed E-state index contributed by atoms with van der Waals surface area (Å²) >= 11 is 0. The van der Waals surface area contributed by atoms with Crippen molar-refractivity contribution in [2.75, 3.05) is 33.2 Å². The lowest BCUT2D eigenvalue weighted by Gasteiger charge is -2.35. The molecule has 1 heterocycles. The van der Waals surface area contributed by atoms with Crippen molar-refractivity contribution in [1.82, 2.24) is 15.5 Å². The van der Waals surface area contributed by atoms with Crippen molar-refractivity contribution in [3.05, 3.63) is 35.6 Å². The van der Waals surface area contributed by atoms with Crippen molar-refractivity contribution in [1.29, 1.82) is 0 Å². The third-order valence-electron chi connectivity index (χ3n) is 4.29. The second-order valence-corrected chi connectivity index (χ2v) is 6.65. The Morgan fingerprint density at radius 1 is 1.21 bits per heavy atom. The maximum atomic E-state index is 13.6. The third-order valence-corrected chi connectivity index (χ3v) is 4.29. The van der Waals surface area contributed by atoms with Gasteiger partial charge in [-0.05, 0) is 24.3 Å². The van der Waals surface area contributed by atoms with E-state index in [1.165, 1.54) is 25.6 Å². The number of halogens is 2. The molecule has 1 aromatic carbocycles. The van der Waals surface area contributed by atoms with E-state index in [0.717, 1.165) is 24.9 Å². The van der Waals surface area contributed by atoms with Crippen LogP contribution >= 0.6 is 24.0 Å². The minimum absolute atomic E-state index is 0. The van der Waals surface area contributed by atoms with Crippen molar-refractivity contribution in [2.45, 2.75) is 26.8 Å². The molecule has 4 nitrogen and oxygen atoms in total. The second-order valence-electron chi connectivity index (χ2n) is 6.65. The number of piperidine rings is 1. The number of guanidine groups is 1. The van der Waals surface area contributed by atoms with E-state index in [2.05, 4.69) is 34.4 Å². The van der Waals surface area contributed by atoms with Crippen LogP contribution in [0.4, 0.5) is 4.39 Å². The van der Waals surface area contributed by atoms with E-state index in [4.69, 9.17) is 0 Å². The molecule has 2 atom stereocenters. The summed E-state index contributed by atoms with van der Waals surface area (Å²) in [6.45, 7) is 9.28. The van der Waals surface area contributed by atoms with Gasteiger partial charge in [-0.15, -0.1) is 24.0 Å². The van der Waals surface area contributed by atoms with Crippen LogP contribution in [0, 0.1) is 17.7 Å². The number of nitrogens with one attached hydrogen (secondary N) is 2. The summed E-state index contributed by atoms with van der Waals surface area (Å²) in [6.07, 6.45) is 1.33. The molecule has 0 amide bonds. The highest BCUT2D eigenvalue weighted by Crippen LogP contribution is 2.20. The van der Waals surface area contributed by atoms with Crippen molar-refractivity contribution < 1.29 is 4.39 Å². The Hall–Kier alpha value is -0.890. The topological polar surface area (TPSA) is 39.7 Å². The van der Waals surface area contributed by atoms with Gasteiger partial charge in [-0.3, -0.25) is 4.99 Å². The fourth-order valence-corrected chi connectivity index (χ4v) is 3.35. The fraction of sp³-hybridized carbons (Fsp3) is 0.611. The van der Waals surface area contributed by atoms with E-state index in [1.54, 1.807) is 19.2 Å². The highest BCUT2D eigenvalue weighted by molar-refractivity contribution is 14.0. The lowest BCUT2D eigenvalue weighted by Crippen LogP contribution is -2.45. The zero-order chi connectivity index (χ0) is 16.7. The SMILES string of the molecule is CN=C(NCCN1CC(C)CC(C)C1)NCc1ccccc1F.I. The Balaban J connectivity index is 0.00000288. The first-order chi connectivity index (χ1) is 11.1. The van der Waals surface area contributed by atoms with Gasteiger partial charge in [-0.1, -0.05) is 32.0 Å². The molecule has 6 heteroatoms. The first kappa shape index (κ1) is 21.2. The van der Waals surface area contributed by atoms with Gasteiger partial charge in [0.1, 0.15) is 5.82 Å². The van der Waals surface area contributed by atoms with Gasteiger partial charge in [0.2, 0.25) is 0 Å². The maximum Gasteiger partial charge on any atom is 0.191 e. The summed E-state index contributed by atoms with van der Waals surface area (Å²) in [5, 5.41) is 6.47. The number of hydrogen-bond donors (Lipinski definition) is 2. The quantitative estimate of drug-likeness (QED) is 0.413. The average molecular weight is 448 g/mol. The zero-order valence-electron chi connectivity index (χ0n) is 14.9. The van der Waals surface area contributed by atoms with Crippen LogP contribution < -0.4 is 10.6 Å². The molecular formula is C18H30FIN4. The van der Waals surface area contributed by atoms with Gasteiger partial charge in [0.05, 0.1) is 0 Å². The molecule has 0 aromatic heterocycles. The predicted molar refractivity (Wildman–Crippen MR) is 109 cm³/mol. The average Bonchev–Trinajstić information content (AvgIpc) is 2.51. The van der Waals surface area contributed by atoms with E-state index in [9.17, 15) is 4.39 Å². The summed E-state index contributed by atoms with van der Waals surface area (Å²) in [6, 6.07) is 6.81. The minimum atomic E-state index is -0.188. The summed E-state index contributed by atoms with van der Waals surface area (Å²) in [5.74, 6) is 2.08. The molecule has 1 aliphatic heterocycles. The van der Waals surface area contributed by atoms with Gasteiger partial charge < -0.3 is 15.5 Å². The number of hydrogen-bond acceptors (Lipinski definition) is 2. The number of benzene rings is 1. The predicted octanol–water partition coefficient (Wildman–Crippen LogP) is 3.09. The first-order valence-corrected chi connectivity index (χ1v) is 8.48. The van der Waals surface area contributed by atoms with Crippen LogP contribution in [0.1, 0.15) is 25.8 Å². The van der Waals surface area contributed by atoms with E-state index >= 15 is 0 Å². The highest BCUT2D eigenvalue weighted by Gasteiger charge is 2.21. The van der Waals surface area contributed by atoms with Crippen LogP contribution in [-0.2, 0) is 6.54 Å². The van der Waals surface area contributed by atoms with Gasteiger partial charge in [-0.25, -0.2) is 4.39 Å². The molecule has 2 N–H and O–H groups in total. The van der Waals surface area contributed by atoms with Gasteiger partial charge in [0, 0.05) is 45.3 Å². The third kappa shape index (κ3) is 6.93. The molecule has 0 radical (unpaired) electrons.